The summed E-state index contributed by atoms with van der Waals surface area (Å²) in [6.07, 6.45) is -4.67. The molecule has 0 spiro atoms. The van der Waals surface area contributed by atoms with E-state index >= 15 is 0 Å². The molecule has 1 atom stereocenters. The van der Waals surface area contributed by atoms with Crippen molar-refractivity contribution in [1.29, 1.82) is 0 Å². The van der Waals surface area contributed by atoms with Crippen LogP contribution in [0.1, 0.15) is 11.4 Å². The van der Waals surface area contributed by atoms with Gasteiger partial charge in [0.1, 0.15) is 5.75 Å². The van der Waals surface area contributed by atoms with Gasteiger partial charge in [-0.1, -0.05) is 17.4 Å². The zero-order chi connectivity index (χ0) is 18.9. The molecule has 0 bridgehead atoms. The Balaban J connectivity index is 1.68. The number of nitrogens with zero attached hydrogens (tertiary/aromatic N) is 3. The van der Waals surface area contributed by atoms with E-state index in [4.69, 9.17) is 4.74 Å². The fourth-order valence-corrected chi connectivity index (χ4v) is 3.12. The number of ether oxygens (including phenoxy) is 1. The number of carbonyl (C=O) groups is 2. The van der Waals surface area contributed by atoms with Crippen LogP contribution in [0.25, 0.3) is 0 Å². The van der Waals surface area contributed by atoms with E-state index in [1.54, 1.807) is 24.3 Å². The highest BCUT2D eigenvalue weighted by Crippen LogP contribution is 2.33. The van der Waals surface area contributed by atoms with Crippen molar-refractivity contribution in [1.82, 2.24) is 10.2 Å². The first kappa shape index (κ1) is 18.1. The number of rotatable bonds is 4. The van der Waals surface area contributed by atoms with Gasteiger partial charge in [0.2, 0.25) is 22.0 Å². The van der Waals surface area contributed by atoms with Gasteiger partial charge in [-0.05, 0) is 12.1 Å². The van der Waals surface area contributed by atoms with E-state index in [9.17, 15) is 22.8 Å². The van der Waals surface area contributed by atoms with Crippen LogP contribution < -0.4 is 15.0 Å². The van der Waals surface area contributed by atoms with Crippen LogP contribution in [0.4, 0.5) is 24.0 Å². The van der Waals surface area contributed by atoms with Gasteiger partial charge in [0.15, 0.2) is 0 Å². The fraction of sp³-hybridized carbons (Fsp3) is 0.333. The second-order valence-corrected chi connectivity index (χ2v) is 6.48. The molecule has 1 N–H and O–H groups in total. The van der Waals surface area contributed by atoms with Gasteiger partial charge in [-0.15, -0.1) is 10.2 Å². The quantitative estimate of drug-likeness (QED) is 0.873. The third kappa shape index (κ3) is 3.77. The van der Waals surface area contributed by atoms with Gasteiger partial charge < -0.3 is 15.0 Å². The molecule has 7 nitrogen and oxygen atoms in total. The molecule has 26 heavy (non-hydrogen) atoms. The first-order valence-electron chi connectivity index (χ1n) is 7.44. The monoisotopic (exact) mass is 386 g/mol. The molecule has 1 fully saturated rings. The van der Waals surface area contributed by atoms with E-state index in [1.165, 1.54) is 12.0 Å². The van der Waals surface area contributed by atoms with Crippen molar-refractivity contribution in [2.24, 2.45) is 5.92 Å². The van der Waals surface area contributed by atoms with Crippen LogP contribution in [-0.4, -0.2) is 35.7 Å². The van der Waals surface area contributed by atoms with Gasteiger partial charge in [0.25, 0.3) is 0 Å². The summed E-state index contributed by atoms with van der Waals surface area (Å²) < 4.78 is 42.7. The van der Waals surface area contributed by atoms with Crippen LogP contribution in [0, 0.1) is 5.92 Å². The van der Waals surface area contributed by atoms with Crippen molar-refractivity contribution in [3.8, 4) is 5.75 Å². The van der Waals surface area contributed by atoms with E-state index < -0.39 is 23.0 Å². The molecular formula is C15H13F3N4O3S. The average Bonchev–Trinajstić information content (AvgIpc) is 3.21. The van der Waals surface area contributed by atoms with Crippen LogP contribution in [0.3, 0.4) is 0 Å². The number of hydrogen-bond acceptors (Lipinski definition) is 6. The van der Waals surface area contributed by atoms with Crippen LogP contribution in [-0.2, 0) is 15.8 Å². The summed E-state index contributed by atoms with van der Waals surface area (Å²) >= 11 is 0.236. The Morgan fingerprint density at radius 2 is 2.15 bits per heavy atom. The van der Waals surface area contributed by atoms with Crippen molar-refractivity contribution in [3.05, 3.63) is 29.3 Å². The molecule has 1 saturated heterocycles. The Labute approximate surface area is 149 Å². The molecule has 0 saturated carbocycles. The zero-order valence-corrected chi connectivity index (χ0v) is 14.2. The number of halogens is 3. The van der Waals surface area contributed by atoms with Crippen molar-refractivity contribution >= 4 is 34.0 Å². The molecule has 0 unspecified atom stereocenters. The van der Waals surface area contributed by atoms with E-state index in [1.807, 2.05) is 0 Å². The number of nitrogens with one attached hydrogen (secondary N) is 1. The van der Waals surface area contributed by atoms with Gasteiger partial charge in [-0.2, -0.15) is 13.2 Å². The summed E-state index contributed by atoms with van der Waals surface area (Å²) in [4.78, 5) is 25.9. The number of amides is 2. The average molecular weight is 386 g/mol. The summed E-state index contributed by atoms with van der Waals surface area (Å²) in [5.41, 5.74) is 0.583. The van der Waals surface area contributed by atoms with E-state index in [2.05, 4.69) is 15.5 Å². The molecule has 2 aromatic rings. The standard InChI is InChI=1S/C15H13F3N4O3S/c1-25-10-4-2-3-9(6-10)22-7-8(5-11(22)23)12(24)19-14-21-20-13(26-14)15(16,17)18/h2-4,6,8H,5,7H2,1H3,(H,19,21,24)/t8-/m1/s1. The van der Waals surface area contributed by atoms with Crippen molar-refractivity contribution < 1.29 is 27.5 Å². The van der Waals surface area contributed by atoms with Gasteiger partial charge in [-0.25, -0.2) is 0 Å². The van der Waals surface area contributed by atoms with Crippen LogP contribution in [0.5, 0.6) is 5.75 Å². The molecule has 0 aliphatic carbocycles. The molecule has 3 rings (SSSR count). The minimum atomic E-state index is -4.62. The Bertz CT molecular complexity index is 840. The lowest BCUT2D eigenvalue weighted by Crippen LogP contribution is -2.28. The molecule has 11 heteroatoms. The first-order chi connectivity index (χ1) is 12.3. The molecule has 138 valence electrons. The number of aromatic nitrogens is 2. The maximum absolute atomic E-state index is 12.5. The van der Waals surface area contributed by atoms with Crippen LogP contribution in [0.15, 0.2) is 24.3 Å². The topological polar surface area (TPSA) is 84.4 Å². The third-order valence-electron chi connectivity index (χ3n) is 3.76. The third-order valence-corrected chi connectivity index (χ3v) is 4.64. The normalized spacial score (nSPS) is 17.5. The summed E-state index contributed by atoms with van der Waals surface area (Å²) in [7, 11) is 1.50. The Morgan fingerprint density at radius 1 is 1.38 bits per heavy atom. The molecule has 2 heterocycles. The summed E-state index contributed by atoms with van der Waals surface area (Å²) in [5.74, 6) is -0.969. The maximum atomic E-state index is 12.5. The molecular weight excluding hydrogens is 373 g/mol. The molecule has 2 amide bonds. The highest BCUT2D eigenvalue weighted by Gasteiger charge is 2.38. The van der Waals surface area contributed by atoms with Crippen LogP contribution >= 0.6 is 11.3 Å². The lowest BCUT2D eigenvalue weighted by atomic mass is 10.1. The molecule has 1 aliphatic heterocycles. The van der Waals surface area contributed by atoms with Crippen LogP contribution in [0.2, 0.25) is 0 Å². The Hall–Kier alpha value is -2.69. The lowest BCUT2D eigenvalue weighted by Gasteiger charge is -2.17. The largest absolute Gasteiger partial charge is 0.497 e. The number of alkyl halides is 3. The van der Waals surface area contributed by atoms with E-state index in [-0.39, 0.29) is 35.3 Å². The zero-order valence-electron chi connectivity index (χ0n) is 13.4. The summed E-state index contributed by atoms with van der Waals surface area (Å²) in [6, 6.07) is 6.82. The SMILES string of the molecule is COc1cccc(N2C[C@H](C(=O)Nc3nnc(C(F)(F)F)s3)CC2=O)c1. The highest BCUT2D eigenvalue weighted by molar-refractivity contribution is 7.15. The minimum absolute atomic E-state index is 0.0476. The van der Waals surface area contributed by atoms with E-state index in [0.29, 0.717) is 11.4 Å². The maximum Gasteiger partial charge on any atom is 0.445 e. The minimum Gasteiger partial charge on any atom is -0.497 e. The number of methoxy groups -OCH3 is 1. The van der Waals surface area contributed by atoms with Gasteiger partial charge >= 0.3 is 6.18 Å². The predicted molar refractivity (Wildman–Crippen MR) is 87.0 cm³/mol. The van der Waals surface area contributed by atoms with Gasteiger partial charge in [0.05, 0.1) is 13.0 Å². The number of carbonyl (C=O) groups excluding carboxylic acids is 2. The Morgan fingerprint density at radius 3 is 2.81 bits per heavy atom. The molecule has 1 aliphatic rings. The highest BCUT2D eigenvalue weighted by atomic mass is 32.1. The lowest BCUT2D eigenvalue weighted by molar-refractivity contribution is -0.138. The van der Waals surface area contributed by atoms with Crippen molar-refractivity contribution in [2.75, 3.05) is 23.9 Å². The molecule has 0 radical (unpaired) electrons. The molecule has 1 aromatic heterocycles. The first-order valence-corrected chi connectivity index (χ1v) is 8.25. The van der Waals surface area contributed by atoms with Gasteiger partial charge in [-0.3, -0.25) is 9.59 Å². The number of benzene rings is 1. The van der Waals surface area contributed by atoms with Crippen molar-refractivity contribution in [2.45, 2.75) is 12.6 Å². The smallest absolute Gasteiger partial charge is 0.445 e. The second kappa shape index (κ2) is 6.90. The Kier molecular flexibility index (Phi) is 4.81. The fourth-order valence-electron chi connectivity index (χ4n) is 2.51. The van der Waals surface area contributed by atoms with Crippen molar-refractivity contribution in [3.63, 3.8) is 0 Å². The summed E-state index contributed by atoms with van der Waals surface area (Å²) in [5, 5.41) is 7.21. The predicted octanol–water partition coefficient (Wildman–Crippen LogP) is 2.56. The number of anilines is 2. The molecule has 1 aromatic carbocycles. The number of hydrogen-bond donors (Lipinski definition) is 1. The van der Waals surface area contributed by atoms with Gasteiger partial charge in [0, 0.05) is 24.7 Å². The van der Waals surface area contributed by atoms with E-state index in [0.717, 1.165) is 0 Å². The summed E-state index contributed by atoms with van der Waals surface area (Å²) in [6.45, 7) is 0.114. The second-order valence-electron chi connectivity index (χ2n) is 5.51.